The SMILES string of the molecule is COC(=O)c1cc(OCC2CCN(C(=O)OC(C)(C)C)CC2)cc(B2OC(C)(C)C(C)(C)O2)c1. The van der Waals surface area contributed by atoms with Crippen molar-refractivity contribution in [3.63, 3.8) is 0 Å². The summed E-state index contributed by atoms with van der Waals surface area (Å²) in [7, 11) is 0.733. The number of ether oxygens (including phenoxy) is 3. The molecule has 2 heterocycles. The maximum atomic E-state index is 12.3. The number of esters is 1. The van der Waals surface area contributed by atoms with Gasteiger partial charge in [-0.25, -0.2) is 9.59 Å². The van der Waals surface area contributed by atoms with Crippen LogP contribution < -0.4 is 10.2 Å². The Hall–Kier alpha value is -2.26. The second-order valence-corrected chi connectivity index (χ2v) is 11.1. The highest BCUT2D eigenvalue weighted by Crippen LogP contribution is 2.36. The Morgan fingerprint density at radius 1 is 1.06 bits per heavy atom. The van der Waals surface area contributed by atoms with Crippen molar-refractivity contribution in [2.24, 2.45) is 5.92 Å². The summed E-state index contributed by atoms with van der Waals surface area (Å²) in [4.78, 5) is 26.3. The quantitative estimate of drug-likeness (QED) is 0.473. The number of nitrogens with zero attached hydrogens (tertiary/aromatic N) is 1. The highest BCUT2D eigenvalue weighted by atomic mass is 16.7. The summed E-state index contributed by atoms with van der Waals surface area (Å²) in [6.07, 6.45) is 1.37. The van der Waals surface area contributed by atoms with E-state index in [0.29, 0.717) is 42.4 Å². The monoisotopic (exact) mass is 475 g/mol. The molecular weight excluding hydrogens is 437 g/mol. The zero-order chi connectivity index (χ0) is 25.3. The number of amides is 1. The molecule has 0 atom stereocenters. The molecule has 188 valence electrons. The third kappa shape index (κ3) is 6.24. The predicted octanol–water partition coefficient (Wildman–Crippen LogP) is 3.80. The van der Waals surface area contributed by atoms with Crippen molar-refractivity contribution in [1.29, 1.82) is 0 Å². The second-order valence-electron chi connectivity index (χ2n) is 11.1. The number of carbonyl (C=O) groups excluding carboxylic acids is 2. The van der Waals surface area contributed by atoms with Gasteiger partial charge >= 0.3 is 19.2 Å². The Kier molecular flexibility index (Phi) is 7.58. The fourth-order valence-electron chi connectivity index (χ4n) is 3.88. The molecule has 2 saturated heterocycles. The van der Waals surface area contributed by atoms with Gasteiger partial charge in [0.05, 0.1) is 30.5 Å². The van der Waals surface area contributed by atoms with Crippen LogP contribution in [0, 0.1) is 5.92 Å². The highest BCUT2D eigenvalue weighted by molar-refractivity contribution is 6.62. The van der Waals surface area contributed by atoms with Crippen molar-refractivity contribution in [3.8, 4) is 5.75 Å². The number of piperidine rings is 1. The number of rotatable bonds is 5. The summed E-state index contributed by atoms with van der Waals surface area (Å²) in [6.45, 7) is 15.3. The molecule has 0 spiro atoms. The van der Waals surface area contributed by atoms with Crippen LogP contribution in [0.15, 0.2) is 18.2 Å². The molecule has 3 rings (SSSR count). The Morgan fingerprint density at radius 2 is 1.65 bits per heavy atom. The lowest BCUT2D eigenvalue weighted by Crippen LogP contribution is -2.42. The highest BCUT2D eigenvalue weighted by Gasteiger charge is 2.52. The molecule has 0 unspecified atom stereocenters. The van der Waals surface area contributed by atoms with Crippen molar-refractivity contribution in [2.45, 2.75) is 78.1 Å². The lowest BCUT2D eigenvalue weighted by molar-refractivity contribution is 0.00578. The summed E-state index contributed by atoms with van der Waals surface area (Å²) < 4.78 is 28.8. The molecule has 2 aliphatic heterocycles. The molecule has 9 heteroatoms. The number of carbonyl (C=O) groups is 2. The Bertz CT molecular complexity index is 885. The largest absolute Gasteiger partial charge is 0.494 e. The van der Waals surface area contributed by atoms with E-state index in [1.54, 1.807) is 17.0 Å². The van der Waals surface area contributed by atoms with Crippen LogP contribution in [-0.4, -0.2) is 67.7 Å². The van der Waals surface area contributed by atoms with Gasteiger partial charge in [-0.15, -0.1) is 0 Å². The summed E-state index contributed by atoms with van der Waals surface area (Å²) in [5, 5.41) is 0. The van der Waals surface area contributed by atoms with E-state index in [2.05, 4.69) is 0 Å². The molecule has 1 aromatic carbocycles. The van der Waals surface area contributed by atoms with Gasteiger partial charge in [0.15, 0.2) is 0 Å². The molecule has 0 saturated carbocycles. The lowest BCUT2D eigenvalue weighted by Gasteiger charge is -2.33. The van der Waals surface area contributed by atoms with E-state index >= 15 is 0 Å². The van der Waals surface area contributed by atoms with Crippen molar-refractivity contribution >= 4 is 24.6 Å². The maximum absolute atomic E-state index is 12.3. The Labute approximate surface area is 203 Å². The van der Waals surface area contributed by atoms with Crippen molar-refractivity contribution in [2.75, 3.05) is 26.8 Å². The number of hydrogen-bond donors (Lipinski definition) is 0. The number of hydrogen-bond acceptors (Lipinski definition) is 7. The average Bonchev–Trinajstić information content (AvgIpc) is 2.97. The van der Waals surface area contributed by atoms with Gasteiger partial charge in [-0.2, -0.15) is 0 Å². The van der Waals surface area contributed by atoms with Crippen LogP contribution in [0.2, 0.25) is 0 Å². The number of benzene rings is 1. The average molecular weight is 475 g/mol. The molecule has 1 aromatic rings. The van der Waals surface area contributed by atoms with Crippen LogP contribution in [0.25, 0.3) is 0 Å². The molecular formula is C25H38BNO7. The van der Waals surface area contributed by atoms with Crippen molar-refractivity contribution in [1.82, 2.24) is 4.90 Å². The van der Waals surface area contributed by atoms with E-state index in [4.69, 9.17) is 23.5 Å². The van der Waals surface area contributed by atoms with Crippen LogP contribution in [0.5, 0.6) is 5.75 Å². The molecule has 1 amide bonds. The summed E-state index contributed by atoms with van der Waals surface area (Å²) in [5.74, 6) is 0.400. The third-order valence-corrected chi connectivity index (χ3v) is 6.63. The van der Waals surface area contributed by atoms with Gasteiger partial charge in [0.1, 0.15) is 11.4 Å². The van der Waals surface area contributed by atoms with Gasteiger partial charge in [0.25, 0.3) is 0 Å². The topological polar surface area (TPSA) is 83.5 Å². The van der Waals surface area contributed by atoms with Crippen LogP contribution in [-0.2, 0) is 18.8 Å². The predicted molar refractivity (Wildman–Crippen MR) is 130 cm³/mol. The first-order valence-corrected chi connectivity index (χ1v) is 11.9. The van der Waals surface area contributed by atoms with Gasteiger partial charge in [-0.3, -0.25) is 0 Å². The van der Waals surface area contributed by atoms with E-state index in [0.717, 1.165) is 12.8 Å². The third-order valence-electron chi connectivity index (χ3n) is 6.63. The van der Waals surface area contributed by atoms with E-state index in [9.17, 15) is 9.59 Å². The maximum Gasteiger partial charge on any atom is 0.494 e. The first-order valence-electron chi connectivity index (χ1n) is 11.9. The summed E-state index contributed by atoms with van der Waals surface area (Å²) >= 11 is 0. The smallest absolute Gasteiger partial charge is 0.493 e. The molecule has 2 fully saturated rings. The van der Waals surface area contributed by atoms with Crippen LogP contribution >= 0.6 is 0 Å². The molecule has 0 bridgehead atoms. The zero-order valence-electron chi connectivity index (χ0n) is 21.7. The van der Waals surface area contributed by atoms with Gasteiger partial charge in [-0.1, -0.05) is 0 Å². The minimum atomic E-state index is -0.617. The van der Waals surface area contributed by atoms with Gasteiger partial charge < -0.3 is 28.4 Å². The van der Waals surface area contributed by atoms with Gasteiger partial charge in [0, 0.05) is 13.1 Å². The molecule has 0 radical (unpaired) electrons. The van der Waals surface area contributed by atoms with E-state index in [1.807, 2.05) is 54.5 Å². The normalized spacial score (nSPS) is 20.2. The van der Waals surface area contributed by atoms with Crippen molar-refractivity contribution in [3.05, 3.63) is 23.8 Å². The summed E-state index contributed by atoms with van der Waals surface area (Å²) in [6, 6.07) is 5.25. The first kappa shape index (κ1) is 26.4. The second kappa shape index (κ2) is 9.78. The molecule has 0 aromatic heterocycles. The number of methoxy groups -OCH3 is 1. The lowest BCUT2D eigenvalue weighted by atomic mass is 9.78. The fraction of sp³-hybridized carbons (Fsp3) is 0.680. The molecule has 8 nitrogen and oxygen atoms in total. The standard InChI is InChI=1S/C25H38BNO7/c1-23(2,3)32-22(29)27-11-9-17(10-12-27)16-31-20-14-18(21(28)30-8)13-19(15-20)26-33-24(4,5)25(6,7)34-26/h13-15,17H,9-12,16H2,1-8H3. The van der Waals surface area contributed by atoms with Crippen LogP contribution in [0.3, 0.4) is 0 Å². The molecule has 34 heavy (non-hydrogen) atoms. The fourth-order valence-corrected chi connectivity index (χ4v) is 3.88. The van der Waals surface area contributed by atoms with Crippen LogP contribution in [0.4, 0.5) is 4.79 Å². The van der Waals surface area contributed by atoms with E-state index < -0.39 is 29.9 Å². The van der Waals surface area contributed by atoms with Gasteiger partial charge in [-0.05, 0) is 90.9 Å². The zero-order valence-corrected chi connectivity index (χ0v) is 21.7. The van der Waals surface area contributed by atoms with Gasteiger partial charge in [0.2, 0.25) is 0 Å². The van der Waals surface area contributed by atoms with Crippen LogP contribution in [0.1, 0.15) is 71.7 Å². The Morgan fingerprint density at radius 3 is 2.18 bits per heavy atom. The molecule has 0 aliphatic carbocycles. The van der Waals surface area contributed by atoms with Crippen molar-refractivity contribution < 1.29 is 33.1 Å². The minimum absolute atomic E-state index is 0.273. The van der Waals surface area contributed by atoms with E-state index in [1.165, 1.54) is 7.11 Å². The number of likely N-dealkylation sites (tertiary alicyclic amines) is 1. The minimum Gasteiger partial charge on any atom is -0.493 e. The molecule has 2 aliphatic rings. The molecule has 0 N–H and O–H groups in total. The summed E-state index contributed by atoms with van der Waals surface area (Å²) in [5.41, 5.74) is -0.415. The first-order chi connectivity index (χ1) is 15.7. The Balaban J connectivity index is 1.65. The van der Waals surface area contributed by atoms with E-state index in [-0.39, 0.29) is 6.09 Å².